The lowest BCUT2D eigenvalue weighted by atomic mass is 10.3. The number of H-pyrrole nitrogens is 2. The van der Waals surface area contributed by atoms with Gasteiger partial charge >= 0.3 is 0 Å². The summed E-state index contributed by atoms with van der Waals surface area (Å²) < 4.78 is 25.7. The quantitative estimate of drug-likeness (QED) is 0.593. The van der Waals surface area contributed by atoms with Gasteiger partial charge in [-0.3, -0.25) is 19.0 Å². The van der Waals surface area contributed by atoms with Crippen LogP contribution in [0.2, 0.25) is 0 Å². The Morgan fingerprint density at radius 1 is 1.29 bits per heavy atom. The van der Waals surface area contributed by atoms with Gasteiger partial charge in [-0.15, -0.1) is 0 Å². The van der Waals surface area contributed by atoms with Crippen LogP contribution >= 0.6 is 24.4 Å². The van der Waals surface area contributed by atoms with Crippen LogP contribution in [-0.4, -0.2) is 23.5 Å². The number of anilines is 1. The van der Waals surface area contributed by atoms with Crippen LogP contribution in [0, 0.1) is 9.54 Å². The number of benzene rings is 1. The van der Waals surface area contributed by atoms with Crippen LogP contribution in [0.15, 0.2) is 24.3 Å². The number of aromatic nitrogens is 3. The van der Waals surface area contributed by atoms with Gasteiger partial charge in [-0.05, 0) is 42.6 Å². The molecule has 0 aliphatic carbocycles. The number of nitrogens with one attached hydrogen (secondary N) is 3. The van der Waals surface area contributed by atoms with Gasteiger partial charge in [-0.2, -0.15) is 0 Å². The second-order valence-electron chi connectivity index (χ2n) is 3.08. The molecule has 1 aromatic heterocycles. The fourth-order valence-electron chi connectivity index (χ4n) is 1.35. The van der Waals surface area contributed by atoms with Gasteiger partial charge in [0, 0.05) is 17.0 Å². The van der Waals surface area contributed by atoms with Crippen molar-refractivity contribution in [3.05, 3.63) is 33.8 Å². The Morgan fingerprint density at radius 3 is 2.53 bits per heavy atom. The zero-order chi connectivity index (χ0) is 12.4. The van der Waals surface area contributed by atoms with E-state index < -0.39 is 11.3 Å². The van der Waals surface area contributed by atoms with E-state index in [1.165, 1.54) is 0 Å². The molecule has 1 atom stereocenters. The lowest BCUT2D eigenvalue weighted by Crippen LogP contribution is -2.03. The Morgan fingerprint density at radius 2 is 1.94 bits per heavy atom. The van der Waals surface area contributed by atoms with Crippen molar-refractivity contribution in [3.8, 4) is 5.69 Å². The Labute approximate surface area is 109 Å². The molecule has 6 nitrogen and oxygen atoms in total. The molecule has 2 aromatic rings. The monoisotopic (exact) mass is 287 g/mol. The molecule has 1 aromatic carbocycles. The summed E-state index contributed by atoms with van der Waals surface area (Å²) in [7, 11) is 0. The van der Waals surface area contributed by atoms with E-state index in [1.807, 2.05) is 0 Å². The summed E-state index contributed by atoms with van der Waals surface area (Å²) in [5.41, 5.74) is 1.11. The van der Waals surface area contributed by atoms with Gasteiger partial charge in [0.15, 0.2) is 9.54 Å². The number of hydrogen-bond acceptors (Lipinski definition) is 4. The van der Waals surface area contributed by atoms with Crippen molar-refractivity contribution in [1.29, 1.82) is 0 Å². The normalized spacial score (nSPS) is 12.3. The van der Waals surface area contributed by atoms with Gasteiger partial charge in [0.05, 0.1) is 5.69 Å². The molecule has 0 radical (unpaired) electrons. The van der Waals surface area contributed by atoms with E-state index >= 15 is 0 Å². The smallest absolute Gasteiger partial charge is 0.198 e. The minimum Gasteiger partial charge on any atom is -0.755 e. The molecule has 0 amide bonds. The van der Waals surface area contributed by atoms with Crippen molar-refractivity contribution in [2.24, 2.45) is 0 Å². The van der Waals surface area contributed by atoms with E-state index in [2.05, 4.69) is 14.9 Å². The first-order valence-corrected chi connectivity index (χ1v) is 6.33. The lowest BCUT2D eigenvalue weighted by Gasteiger charge is -2.10. The number of hydrogen-bond donors (Lipinski definition) is 3. The number of aromatic amines is 2. The summed E-state index contributed by atoms with van der Waals surface area (Å²) in [5.74, 6) is 0. The highest BCUT2D eigenvalue weighted by Gasteiger charge is 2.01. The summed E-state index contributed by atoms with van der Waals surface area (Å²) in [4.78, 5) is 0. The van der Waals surface area contributed by atoms with Crippen LogP contribution in [-0.2, 0) is 11.3 Å². The van der Waals surface area contributed by atoms with Crippen LogP contribution in [0.3, 0.4) is 0 Å². The summed E-state index contributed by atoms with van der Waals surface area (Å²) in [6.07, 6.45) is 0. The molecule has 2 rings (SSSR count). The number of rotatable bonds is 3. The molecular formula is C8H7N4O2S3-. The first kappa shape index (κ1) is 12.2. The largest absolute Gasteiger partial charge is 0.755 e. The third kappa shape index (κ3) is 2.69. The van der Waals surface area contributed by atoms with E-state index in [9.17, 15) is 8.76 Å². The van der Waals surface area contributed by atoms with Crippen molar-refractivity contribution in [3.63, 3.8) is 0 Å². The Kier molecular flexibility index (Phi) is 3.52. The highest BCUT2D eigenvalue weighted by molar-refractivity contribution is 7.80. The van der Waals surface area contributed by atoms with Crippen molar-refractivity contribution in [2.45, 2.75) is 0 Å². The van der Waals surface area contributed by atoms with Gasteiger partial charge in [-0.1, -0.05) is 6.07 Å². The minimum atomic E-state index is -2.36. The molecule has 0 aliphatic rings. The van der Waals surface area contributed by atoms with E-state index in [0.29, 0.717) is 20.9 Å². The average Bonchev–Trinajstić information content (AvgIpc) is 2.58. The average molecular weight is 287 g/mol. The SMILES string of the molecule is O=S([O-])Nc1cccc(-n2c(=S)[nH][nH]c2=S)c1. The highest BCUT2D eigenvalue weighted by atomic mass is 32.2. The fraction of sp³-hybridized carbons (Fsp3) is 0. The third-order valence-electron chi connectivity index (χ3n) is 1.99. The molecule has 0 fully saturated rings. The second kappa shape index (κ2) is 4.92. The highest BCUT2D eigenvalue weighted by Crippen LogP contribution is 2.15. The number of nitrogens with zero attached hydrogens (tertiary/aromatic N) is 1. The van der Waals surface area contributed by atoms with E-state index in [0.717, 1.165) is 0 Å². The van der Waals surface area contributed by atoms with E-state index in [4.69, 9.17) is 24.4 Å². The van der Waals surface area contributed by atoms with Crippen LogP contribution in [0.4, 0.5) is 5.69 Å². The third-order valence-corrected chi connectivity index (χ3v) is 2.96. The molecule has 1 heterocycles. The maximum atomic E-state index is 10.5. The minimum absolute atomic E-state index is 0.412. The molecule has 90 valence electrons. The summed E-state index contributed by atoms with van der Waals surface area (Å²) >= 11 is 7.75. The van der Waals surface area contributed by atoms with E-state index in [1.54, 1.807) is 28.8 Å². The van der Waals surface area contributed by atoms with Gasteiger partial charge in [0.1, 0.15) is 0 Å². The van der Waals surface area contributed by atoms with Crippen LogP contribution in [0.1, 0.15) is 0 Å². The van der Waals surface area contributed by atoms with Gasteiger partial charge < -0.3 is 9.27 Å². The van der Waals surface area contributed by atoms with Crippen LogP contribution in [0.5, 0.6) is 0 Å². The van der Waals surface area contributed by atoms with Crippen molar-refractivity contribution >= 4 is 41.4 Å². The molecule has 0 saturated heterocycles. The predicted molar refractivity (Wildman–Crippen MR) is 68.7 cm³/mol. The van der Waals surface area contributed by atoms with E-state index in [-0.39, 0.29) is 0 Å². The summed E-state index contributed by atoms with van der Waals surface area (Å²) in [6, 6.07) is 6.73. The molecular weight excluding hydrogens is 280 g/mol. The van der Waals surface area contributed by atoms with Crippen LogP contribution in [0.25, 0.3) is 5.69 Å². The Balaban J connectivity index is 2.50. The lowest BCUT2D eigenvalue weighted by molar-refractivity contribution is 0.542. The molecule has 0 bridgehead atoms. The maximum Gasteiger partial charge on any atom is 0.198 e. The first-order chi connectivity index (χ1) is 8.08. The zero-order valence-corrected chi connectivity index (χ0v) is 10.7. The molecule has 9 heteroatoms. The van der Waals surface area contributed by atoms with Crippen LogP contribution < -0.4 is 4.72 Å². The summed E-state index contributed by atoms with van der Waals surface area (Å²) in [6.45, 7) is 0. The maximum absolute atomic E-state index is 10.5. The Hall–Kier alpha value is -1.29. The summed E-state index contributed by atoms with van der Waals surface area (Å²) in [5, 5.41) is 5.40. The Bertz CT molecular complexity index is 644. The molecule has 1 unspecified atom stereocenters. The zero-order valence-electron chi connectivity index (χ0n) is 8.30. The topological polar surface area (TPSA) is 88.7 Å². The first-order valence-electron chi connectivity index (χ1n) is 4.44. The van der Waals surface area contributed by atoms with Crippen molar-refractivity contribution < 1.29 is 8.76 Å². The van der Waals surface area contributed by atoms with Crippen molar-refractivity contribution in [1.82, 2.24) is 14.8 Å². The fourth-order valence-corrected chi connectivity index (χ4v) is 2.22. The standard InChI is InChI=1S/C8H8N4O2S3/c13-17(14)11-5-2-1-3-6(4-5)12-7(15)9-10-8(12)16/h1-4,11H,(H,9,15)(H,10,16)(H,13,14)/p-1. The second-order valence-corrected chi connectivity index (χ2v) is 4.53. The van der Waals surface area contributed by atoms with Gasteiger partial charge in [0.2, 0.25) is 0 Å². The molecule has 0 spiro atoms. The molecule has 3 N–H and O–H groups in total. The molecule has 17 heavy (non-hydrogen) atoms. The van der Waals surface area contributed by atoms with Gasteiger partial charge in [-0.25, -0.2) is 0 Å². The molecule has 0 aliphatic heterocycles. The van der Waals surface area contributed by atoms with Crippen molar-refractivity contribution in [2.75, 3.05) is 4.72 Å². The molecule has 0 saturated carbocycles. The van der Waals surface area contributed by atoms with Gasteiger partial charge in [0.25, 0.3) is 0 Å². The predicted octanol–water partition coefficient (Wildman–Crippen LogP) is 1.80.